The topological polar surface area (TPSA) is 72.6 Å². The van der Waals surface area contributed by atoms with Gasteiger partial charge in [0.15, 0.2) is 5.43 Å². The van der Waals surface area contributed by atoms with E-state index in [1.807, 2.05) is 24.3 Å². The number of pyridine rings is 1. The third-order valence-electron chi connectivity index (χ3n) is 5.73. The minimum absolute atomic E-state index is 0.0149. The highest BCUT2D eigenvalue weighted by atomic mass is 35.5. The molecule has 2 aromatic carbocycles. The summed E-state index contributed by atoms with van der Waals surface area (Å²) in [7, 11) is 0. The zero-order chi connectivity index (χ0) is 23.8. The zero-order valence-electron chi connectivity index (χ0n) is 18.3. The molecule has 3 heterocycles. The van der Waals surface area contributed by atoms with Gasteiger partial charge in [0.25, 0.3) is 5.91 Å². The summed E-state index contributed by atoms with van der Waals surface area (Å²) in [6, 6.07) is 14.7. The second-order valence-corrected chi connectivity index (χ2v) is 8.87. The number of benzene rings is 2. The molecular weight excluding hydrogens is 475 g/mol. The molecule has 4 aromatic rings. The lowest BCUT2D eigenvalue weighted by Gasteiger charge is -2.24. The van der Waals surface area contributed by atoms with Crippen molar-refractivity contribution < 1.29 is 13.9 Å². The average molecular weight is 495 g/mol. The Bertz CT molecular complexity index is 1450. The number of aromatic nitrogens is 1. The average Bonchev–Trinajstić information content (AvgIpc) is 3.13. The third-order valence-corrected chi connectivity index (χ3v) is 6.19. The van der Waals surface area contributed by atoms with Crippen molar-refractivity contribution in [2.45, 2.75) is 25.8 Å². The molecule has 0 aliphatic carbocycles. The molecule has 34 heavy (non-hydrogen) atoms. The van der Waals surface area contributed by atoms with Gasteiger partial charge in [-0.1, -0.05) is 48.7 Å². The number of hydrogen-bond donors (Lipinski definition) is 0. The Hall–Kier alpha value is -3.35. The fourth-order valence-electron chi connectivity index (χ4n) is 4.12. The van der Waals surface area contributed by atoms with Gasteiger partial charge in [-0.05, 0) is 54.4 Å². The minimum Gasteiger partial charge on any atom is -0.494 e. The molecule has 0 bridgehead atoms. The van der Waals surface area contributed by atoms with Crippen LogP contribution in [0, 0.1) is 0 Å². The molecule has 172 valence electrons. The SMILES string of the molecule is CCCCOc1cccc(C2c3c(oc4ccc(Cl)cc4c3=O)C(=O)N2c2ccc(Cl)cn2)c1. The number of nitrogens with zero attached hydrogens (tertiary/aromatic N) is 2. The molecule has 0 spiro atoms. The highest BCUT2D eigenvalue weighted by Gasteiger charge is 2.44. The van der Waals surface area contributed by atoms with E-state index in [0.29, 0.717) is 44.8 Å². The molecule has 2 aromatic heterocycles. The maximum Gasteiger partial charge on any atom is 0.296 e. The molecule has 0 saturated heterocycles. The van der Waals surface area contributed by atoms with E-state index in [4.69, 9.17) is 32.4 Å². The van der Waals surface area contributed by atoms with E-state index in [2.05, 4.69) is 11.9 Å². The number of ether oxygens (including phenoxy) is 1. The molecule has 5 rings (SSSR count). The summed E-state index contributed by atoms with van der Waals surface area (Å²) >= 11 is 12.2. The van der Waals surface area contributed by atoms with E-state index < -0.39 is 11.9 Å². The van der Waals surface area contributed by atoms with Crippen LogP contribution in [0.4, 0.5) is 5.82 Å². The van der Waals surface area contributed by atoms with Crippen LogP contribution < -0.4 is 15.1 Å². The van der Waals surface area contributed by atoms with E-state index >= 15 is 0 Å². The van der Waals surface area contributed by atoms with E-state index in [-0.39, 0.29) is 16.8 Å². The largest absolute Gasteiger partial charge is 0.494 e. The molecule has 1 aliphatic rings. The van der Waals surface area contributed by atoms with Gasteiger partial charge in [0.2, 0.25) is 5.76 Å². The first-order chi connectivity index (χ1) is 16.5. The molecule has 0 radical (unpaired) electrons. The number of anilines is 1. The smallest absolute Gasteiger partial charge is 0.296 e. The molecule has 1 unspecified atom stereocenters. The molecule has 0 saturated carbocycles. The van der Waals surface area contributed by atoms with Crippen molar-refractivity contribution in [2.24, 2.45) is 0 Å². The van der Waals surface area contributed by atoms with Crippen molar-refractivity contribution in [1.29, 1.82) is 0 Å². The Labute approximate surface area is 205 Å². The predicted octanol–water partition coefficient (Wildman–Crippen LogP) is 6.42. The van der Waals surface area contributed by atoms with Crippen LogP contribution in [0.25, 0.3) is 11.0 Å². The molecule has 0 fully saturated rings. The van der Waals surface area contributed by atoms with E-state index in [9.17, 15) is 9.59 Å². The van der Waals surface area contributed by atoms with Crippen molar-refractivity contribution in [3.8, 4) is 5.75 Å². The molecule has 1 amide bonds. The lowest BCUT2D eigenvalue weighted by atomic mass is 9.98. The van der Waals surface area contributed by atoms with E-state index in [1.54, 1.807) is 30.3 Å². The monoisotopic (exact) mass is 494 g/mol. The predicted molar refractivity (Wildman–Crippen MR) is 132 cm³/mol. The van der Waals surface area contributed by atoms with Gasteiger partial charge in [0, 0.05) is 11.2 Å². The van der Waals surface area contributed by atoms with Crippen LogP contribution in [0.5, 0.6) is 5.75 Å². The van der Waals surface area contributed by atoms with Crippen molar-refractivity contribution in [2.75, 3.05) is 11.5 Å². The van der Waals surface area contributed by atoms with Crippen molar-refractivity contribution in [3.63, 3.8) is 0 Å². The van der Waals surface area contributed by atoms with Gasteiger partial charge in [-0.2, -0.15) is 0 Å². The summed E-state index contributed by atoms with van der Waals surface area (Å²) in [6.45, 7) is 2.67. The normalized spacial score (nSPS) is 15.1. The van der Waals surface area contributed by atoms with Crippen LogP contribution in [0.3, 0.4) is 0 Å². The third kappa shape index (κ3) is 3.93. The molecule has 6 nitrogen and oxygen atoms in total. The van der Waals surface area contributed by atoms with Crippen LogP contribution in [-0.2, 0) is 0 Å². The van der Waals surface area contributed by atoms with Gasteiger partial charge in [-0.25, -0.2) is 4.98 Å². The summed E-state index contributed by atoms with van der Waals surface area (Å²) in [4.78, 5) is 33.0. The number of fused-ring (bicyclic) bond motifs is 2. The van der Waals surface area contributed by atoms with Gasteiger partial charge in [0.05, 0.1) is 28.6 Å². The molecule has 1 aliphatic heterocycles. The minimum atomic E-state index is -0.759. The molecular formula is C26H20Cl2N2O4. The lowest BCUT2D eigenvalue weighted by Crippen LogP contribution is -2.30. The molecule has 8 heteroatoms. The van der Waals surface area contributed by atoms with Gasteiger partial charge in [-0.15, -0.1) is 0 Å². The van der Waals surface area contributed by atoms with Crippen LogP contribution in [-0.4, -0.2) is 17.5 Å². The Morgan fingerprint density at radius 2 is 1.88 bits per heavy atom. The summed E-state index contributed by atoms with van der Waals surface area (Å²) in [5, 5.41) is 1.15. The maximum atomic E-state index is 13.7. The van der Waals surface area contributed by atoms with Crippen LogP contribution in [0.15, 0.2) is 70.0 Å². The van der Waals surface area contributed by atoms with Crippen LogP contribution in [0.2, 0.25) is 10.0 Å². The number of amides is 1. The lowest BCUT2D eigenvalue weighted by molar-refractivity contribution is 0.0970. The summed E-state index contributed by atoms with van der Waals surface area (Å²) in [5.41, 5.74) is 0.919. The summed E-state index contributed by atoms with van der Waals surface area (Å²) in [6.07, 6.45) is 3.39. The van der Waals surface area contributed by atoms with Gasteiger partial charge in [0.1, 0.15) is 17.2 Å². The number of halogens is 2. The van der Waals surface area contributed by atoms with Gasteiger partial charge in [-0.3, -0.25) is 14.5 Å². The number of rotatable bonds is 6. The van der Waals surface area contributed by atoms with E-state index in [1.165, 1.54) is 11.1 Å². The maximum absolute atomic E-state index is 13.7. The van der Waals surface area contributed by atoms with Crippen molar-refractivity contribution in [1.82, 2.24) is 4.98 Å². The Morgan fingerprint density at radius 1 is 1.06 bits per heavy atom. The number of carbonyl (C=O) groups excluding carboxylic acids is 1. The summed E-state index contributed by atoms with van der Waals surface area (Å²) < 4.78 is 11.8. The molecule has 1 atom stereocenters. The number of carbonyl (C=O) groups is 1. The van der Waals surface area contributed by atoms with Crippen LogP contribution in [0.1, 0.15) is 47.5 Å². The van der Waals surface area contributed by atoms with Gasteiger partial charge >= 0.3 is 0 Å². The first-order valence-corrected chi connectivity index (χ1v) is 11.7. The van der Waals surface area contributed by atoms with Gasteiger partial charge < -0.3 is 9.15 Å². The fraction of sp³-hybridized carbons (Fsp3) is 0.192. The van der Waals surface area contributed by atoms with E-state index in [0.717, 1.165) is 12.8 Å². The highest BCUT2D eigenvalue weighted by molar-refractivity contribution is 6.31. The van der Waals surface area contributed by atoms with Crippen LogP contribution >= 0.6 is 23.2 Å². The Balaban J connectivity index is 1.71. The molecule has 0 N–H and O–H groups in total. The summed E-state index contributed by atoms with van der Waals surface area (Å²) in [5.74, 6) is 0.536. The fourth-order valence-corrected chi connectivity index (χ4v) is 4.40. The number of unbranched alkanes of at least 4 members (excludes halogenated alkanes) is 1. The first kappa shape index (κ1) is 22.4. The quantitative estimate of drug-likeness (QED) is 0.289. The second kappa shape index (κ2) is 9.12. The Kier molecular flexibility index (Phi) is 6.02. The van der Waals surface area contributed by atoms with Crippen molar-refractivity contribution in [3.05, 3.63) is 97.9 Å². The first-order valence-electron chi connectivity index (χ1n) is 10.9. The second-order valence-electron chi connectivity index (χ2n) is 8.00. The number of hydrogen-bond acceptors (Lipinski definition) is 5. The Morgan fingerprint density at radius 3 is 2.65 bits per heavy atom. The standard InChI is InChI=1S/C26H20Cl2N2O4/c1-2-3-11-33-18-6-4-5-15(12-18)23-22-24(31)19-13-16(27)7-9-20(19)34-25(22)26(32)30(23)21-10-8-17(28)14-29-21/h4-10,12-14,23H,2-3,11H2,1H3. The zero-order valence-corrected chi connectivity index (χ0v) is 19.8. The highest BCUT2D eigenvalue weighted by Crippen LogP contribution is 2.41. The van der Waals surface area contributed by atoms with Crippen molar-refractivity contribution >= 4 is 45.9 Å².